The lowest BCUT2D eigenvalue weighted by Crippen LogP contribution is -2.41. The molecule has 1 atom stereocenters. The van der Waals surface area contributed by atoms with Crippen molar-refractivity contribution in [3.8, 4) is 0 Å². The van der Waals surface area contributed by atoms with Crippen LogP contribution >= 0.6 is 0 Å². The zero-order valence-corrected chi connectivity index (χ0v) is 14.9. The number of hydrogen-bond donors (Lipinski definition) is 2. The van der Waals surface area contributed by atoms with E-state index >= 15 is 0 Å². The summed E-state index contributed by atoms with van der Waals surface area (Å²) in [5.74, 6) is -3.65. The molecule has 27 heavy (non-hydrogen) atoms. The fraction of sp³-hybridized carbons (Fsp3) is 0.238. The third-order valence-corrected chi connectivity index (χ3v) is 3.91. The molecular formula is C21H23NO5. The Kier molecular flexibility index (Phi) is 8.22. The van der Waals surface area contributed by atoms with E-state index in [1.54, 1.807) is 0 Å². The van der Waals surface area contributed by atoms with Crippen molar-refractivity contribution in [1.82, 2.24) is 4.90 Å². The number of ether oxygens (including phenoxy) is 1. The van der Waals surface area contributed by atoms with Crippen LogP contribution < -0.4 is 0 Å². The number of rotatable bonds is 4. The smallest absolute Gasteiger partial charge is 0.414 e. The number of carbonyl (C=O) groups is 2. The maximum Gasteiger partial charge on any atom is 0.414 e. The summed E-state index contributed by atoms with van der Waals surface area (Å²) in [5, 5.41) is 14.8. The Labute approximate surface area is 158 Å². The minimum absolute atomic E-state index is 0.183. The molecule has 1 aliphatic heterocycles. The highest BCUT2D eigenvalue weighted by Gasteiger charge is 2.18. The second kappa shape index (κ2) is 10.9. The molecule has 2 N–H and O–H groups in total. The van der Waals surface area contributed by atoms with Gasteiger partial charge >= 0.3 is 11.9 Å². The highest BCUT2D eigenvalue weighted by molar-refractivity contribution is 6.27. The largest absolute Gasteiger partial charge is 0.473 e. The molecule has 6 nitrogen and oxygen atoms in total. The normalized spacial score (nSPS) is 17.1. The summed E-state index contributed by atoms with van der Waals surface area (Å²) in [5.41, 5.74) is 2.59. The fourth-order valence-corrected chi connectivity index (χ4v) is 2.62. The van der Waals surface area contributed by atoms with Crippen LogP contribution in [0.2, 0.25) is 0 Å². The summed E-state index contributed by atoms with van der Waals surface area (Å²) >= 11 is 0. The molecule has 0 amide bonds. The minimum Gasteiger partial charge on any atom is -0.473 e. The van der Waals surface area contributed by atoms with Crippen molar-refractivity contribution >= 4 is 18.0 Å². The standard InChI is InChI=1S/C19H21NO.C2H2O4/c1-3-7-17(8-4-1)11-12-19-16-20(13-14-21-19)15-18-9-5-2-6-10-18;3-1(4)2(5)6/h1-12,19H,13-16H2;(H,3,4)(H,5,6)/b12-11+;. The van der Waals surface area contributed by atoms with Crippen LogP contribution in [0.4, 0.5) is 0 Å². The molecule has 0 bridgehead atoms. The Morgan fingerprint density at radius 3 is 2.19 bits per heavy atom. The van der Waals surface area contributed by atoms with Gasteiger partial charge in [0, 0.05) is 19.6 Å². The third kappa shape index (κ3) is 7.85. The molecule has 1 unspecified atom stereocenters. The minimum atomic E-state index is -1.82. The first-order chi connectivity index (χ1) is 13.0. The number of carboxylic acids is 2. The van der Waals surface area contributed by atoms with Crippen molar-refractivity contribution in [1.29, 1.82) is 0 Å². The lowest BCUT2D eigenvalue weighted by Gasteiger charge is -2.31. The van der Waals surface area contributed by atoms with E-state index in [0.29, 0.717) is 0 Å². The van der Waals surface area contributed by atoms with E-state index in [-0.39, 0.29) is 6.10 Å². The summed E-state index contributed by atoms with van der Waals surface area (Å²) < 4.78 is 5.84. The number of benzene rings is 2. The predicted molar refractivity (Wildman–Crippen MR) is 102 cm³/mol. The topological polar surface area (TPSA) is 87.1 Å². The maximum atomic E-state index is 9.10. The summed E-state index contributed by atoms with van der Waals surface area (Å²) in [4.78, 5) is 20.7. The lowest BCUT2D eigenvalue weighted by atomic mass is 10.1. The quantitative estimate of drug-likeness (QED) is 0.806. The number of morpholine rings is 1. The van der Waals surface area contributed by atoms with Gasteiger partial charge in [-0.25, -0.2) is 9.59 Å². The molecule has 2 aromatic carbocycles. The van der Waals surface area contributed by atoms with Crippen LogP contribution in [0.5, 0.6) is 0 Å². The molecule has 2 aromatic rings. The van der Waals surface area contributed by atoms with E-state index in [9.17, 15) is 0 Å². The van der Waals surface area contributed by atoms with E-state index in [4.69, 9.17) is 24.5 Å². The van der Waals surface area contributed by atoms with Gasteiger partial charge in [0.1, 0.15) is 0 Å². The lowest BCUT2D eigenvalue weighted by molar-refractivity contribution is -0.159. The first kappa shape index (κ1) is 20.4. The summed E-state index contributed by atoms with van der Waals surface area (Å²) in [6.07, 6.45) is 4.51. The van der Waals surface area contributed by atoms with Crippen LogP contribution in [-0.2, 0) is 20.9 Å². The van der Waals surface area contributed by atoms with Gasteiger partial charge < -0.3 is 14.9 Å². The van der Waals surface area contributed by atoms with E-state index in [2.05, 4.69) is 71.6 Å². The second-order valence-corrected chi connectivity index (χ2v) is 6.01. The molecule has 0 saturated carbocycles. The number of hydrogen-bond acceptors (Lipinski definition) is 4. The molecule has 0 radical (unpaired) electrons. The summed E-state index contributed by atoms with van der Waals surface area (Å²) in [7, 11) is 0. The van der Waals surface area contributed by atoms with Crippen LogP contribution in [0, 0.1) is 0 Å². The third-order valence-electron chi connectivity index (χ3n) is 3.91. The van der Waals surface area contributed by atoms with Gasteiger partial charge in [-0.3, -0.25) is 4.90 Å². The van der Waals surface area contributed by atoms with E-state index in [0.717, 1.165) is 26.2 Å². The van der Waals surface area contributed by atoms with Crippen LogP contribution in [-0.4, -0.2) is 52.9 Å². The Hall–Kier alpha value is -2.96. The molecule has 1 saturated heterocycles. The molecule has 6 heteroatoms. The highest BCUT2D eigenvalue weighted by Crippen LogP contribution is 2.12. The van der Waals surface area contributed by atoms with Crippen LogP contribution in [0.3, 0.4) is 0 Å². The van der Waals surface area contributed by atoms with Crippen molar-refractivity contribution in [2.75, 3.05) is 19.7 Å². The zero-order chi connectivity index (χ0) is 19.5. The average molecular weight is 369 g/mol. The second-order valence-electron chi connectivity index (χ2n) is 6.01. The van der Waals surface area contributed by atoms with Gasteiger partial charge in [0.15, 0.2) is 0 Å². The zero-order valence-electron chi connectivity index (χ0n) is 14.9. The first-order valence-corrected chi connectivity index (χ1v) is 8.62. The number of nitrogens with zero attached hydrogens (tertiary/aromatic N) is 1. The summed E-state index contributed by atoms with van der Waals surface area (Å²) in [6.45, 7) is 3.76. The van der Waals surface area contributed by atoms with Gasteiger partial charge in [0.05, 0.1) is 12.7 Å². The predicted octanol–water partition coefficient (Wildman–Crippen LogP) is 2.76. The van der Waals surface area contributed by atoms with Crippen molar-refractivity contribution in [3.05, 3.63) is 77.9 Å². The van der Waals surface area contributed by atoms with Gasteiger partial charge in [-0.2, -0.15) is 0 Å². The number of carboxylic acid groups (broad SMARTS) is 2. The molecule has 1 aliphatic rings. The van der Waals surface area contributed by atoms with Gasteiger partial charge in [-0.15, -0.1) is 0 Å². The Balaban J connectivity index is 0.000000380. The SMILES string of the molecule is C(=C\C1CN(Cc2ccccc2)CCO1)/c1ccccc1.O=C(O)C(=O)O. The average Bonchev–Trinajstić information content (AvgIpc) is 2.69. The molecule has 142 valence electrons. The summed E-state index contributed by atoms with van der Waals surface area (Å²) in [6, 6.07) is 21.0. The maximum absolute atomic E-state index is 9.10. The Morgan fingerprint density at radius 1 is 1.00 bits per heavy atom. The van der Waals surface area contributed by atoms with Crippen LogP contribution in [0.1, 0.15) is 11.1 Å². The first-order valence-electron chi connectivity index (χ1n) is 8.62. The van der Waals surface area contributed by atoms with Crippen LogP contribution in [0.25, 0.3) is 6.08 Å². The molecule has 0 aromatic heterocycles. The van der Waals surface area contributed by atoms with Crippen molar-refractivity contribution < 1.29 is 24.5 Å². The molecule has 0 aliphatic carbocycles. The van der Waals surface area contributed by atoms with Gasteiger partial charge in [-0.05, 0) is 11.1 Å². The molecule has 1 heterocycles. The molecule has 0 spiro atoms. The van der Waals surface area contributed by atoms with E-state index < -0.39 is 11.9 Å². The van der Waals surface area contributed by atoms with Gasteiger partial charge in [0.2, 0.25) is 0 Å². The van der Waals surface area contributed by atoms with E-state index in [1.165, 1.54) is 11.1 Å². The molecular weight excluding hydrogens is 346 g/mol. The van der Waals surface area contributed by atoms with Crippen LogP contribution in [0.15, 0.2) is 66.7 Å². The Bertz CT molecular complexity index is 734. The molecule has 3 rings (SSSR count). The molecule has 1 fully saturated rings. The number of aliphatic carboxylic acids is 2. The van der Waals surface area contributed by atoms with Crippen molar-refractivity contribution in [2.24, 2.45) is 0 Å². The fourth-order valence-electron chi connectivity index (χ4n) is 2.62. The van der Waals surface area contributed by atoms with Crippen molar-refractivity contribution in [3.63, 3.8) is 0 Å². The van der Waals surface area contributed by atoms with Gasteiger partial charge in [-0.1, -0.05) is 72.8 Å². The van der Waals surface area contributed by atoms with Crippen molar-refractivity contribution in [2.45, 2.75) is 12.6 Å². The Morgan fingerprint density at radius 2 is 1.59 bits per heavy atom. The highest BCUT2D eigenvalue weighted by atomic mass is 16.5. The van der Waals surface area contributed by atoms with Gasteiger partial charge in [0.25, 0.3) is 0 Å². The monoisotopic (exact) mass is 369 g/mol. The van der Waals surface area contributed by atoms with E-state index in [1.807, 2.05) is 6.07 Å².